The first-order chi connectivity index (χ1) is 9.63. The number of guanidine groups is 1. The minimum Gasteiger partial charge on any atom is -0.354 e. The van der Waals surface area contributed by atoms with Gasteiger partial charge < -0.3 is 10.2 Å². The first-order valence-electron chi connectivity index (χ1n) is 7.30. The van der Waals surface area contributed by atoms with Gasteiger partial charge in [0.15, 0.2) is 5.96 Å². The van der Waals surface area contributed by atoms with E-state index < -0.39 is 0 Å². The fourth-order valence-electron chi connectivity index (χ4n) is 2.42. The summed E-state index contributed by atoms with van der Waals surface area (Å²) < 4.78 is 0. The Hall–Kier alpha value is -1.55. The summed E-state index contributed by atoms with van der Waals surface area (Å²) in [5.74, 6) is 0.915. The van der Waals surface area contributed by atoms with Gasteiger partial charge >= 0.3 is 0 Å². The lowest BCUT2D eigenvalue weighted by Crippen LogP contribution is -2.42. The molecule has 4 nitrogen and oxygen atoms in total. The Morgan fingerprint density at radius 2 is 1.75 bits per heavy atom. The van der Waals surface area contributed by atoms with E-state index in [1.54, 1.807) is 0 Å². The first-order valence-corrected chi connectivity index (χ1v) is 7.30. The van der Waals surface area contributed by atoms with Crippen LogP contribution in [0.3, 0.4) is 0 Å². The lowest BCUT2D eigenvalue weighted by molar-refractivity contribution is 0.218. The number of likely N-dealkylation sites (N-methyl/N-ethyl adjacent to an activating group) is 1. The van der Waals surface area contributed by atoms with Crippen LogP contribution in [0, 0.1) is 0 Å². The molecule has 0 saturated heterocycles. The van der Waals surface area contributed by atoms with Crippen LogP contribution in [0.5, 0.6) is 0 Å². The Morgan fingerprint density at radius 3 is 2.20 bits per heavy atom. The lowest BCUT2D eigenvalue weighted by atomic mass is 10.1. The van der Waals surface area contributed by atoms with Gasteiger partial charge in [0.1, 0.15) is 0 Å². The smallest absolute Gasteiger partial charge is 0.193 e. The van der Waals surface area contributed by atoms with Crippen molar-refractivity contribution in [3.63, 3.8) is 0 Å². The Labute approximate surface area is 123 Å². The lowest BCUT2D eigenvalue weighted by Gasteiger charge is -2.31. The monoisotopic (exact) mass is 276 g/mol. The predicted molar refractivity (Wildman–Crippen MR) is 87.2 cm³/mol. The molecule has 0 aliphatic carbocycles. The fraction of sp³-hybridized carbons (Fsp3) is 0.562. The molecule has 0 fully saturated rings. The zero-order chi connectivity index (χ0) is 15.0. The van der Waals surface area contributed by atoms with E-state index in [1.807, 2.05) is 26.0 Å². The standard InChI is InChI=1S/C16H28N4/c1-6-20(7-2)15(14-11-9-8-10-12-14)13-18-16(17-3)19(4)5/h8-12,15H,6-7,13H2,1-5H3,(H,17,18). The normalized spacial score (nSPS) is 13.4. The fourth-order valence-corrected chi connectivity index (χ4v) is 2.42. The molecule has 1 atom stereocenters. The molecule has 0 radical (unpaired) electrons. The van der Waals surface area contributed by atoms with Gasteiger partial charge in [0.25, 0.3) is 0 Å². The van der Waals surface area contributed by atoms with Crippen LogP contribution in [0.2, 0.25) is 0 Å². The van der Waals surface area contributed by atoms with Gasteiger partial charge in [-0.3, -0.25) is 9.89 Å². The van der Waals surface area contributed by atoms with E-state index in [1.165, 1.54) is 5.56 Å². The van der Waals surface area contributed by atoms with Crippen molar-refractivity contribution in [1.82, 2.24) is 15.1 Å². The van der Waals surface area contributed by atoms with E-state index in [2.05, 4.69) is 59.4 Å². The molecule has 20 heavy (non-hydrogen) atoms. The van der Waals surface area contributed by atoms with Gasteiger partial charge in [-0.1, -0.05) is 44.2 Å². The molecule has 0 spiro atoms. The molecular formula is C16H28N4. The van der Waals surface area contributed by atoms with Gasteiger partial charge in [-0.05, 0) is 18.7 Å². The third-order valence-corrected chi connectivity index (χ3v) is 3.53. The Morgan fingerprint density at radius 1 is 1.15 bits per heavy atom. The van der Waals surface area contributed by atoms with E-state index in [-0.39, 0.29) is 0 Å². The van der Waals surface area contributed by atoms with Crippen molar-refractivity contribution >= 4 is 5.96 Å². The first kappa shape index (κ1) is 16.5. The van der Waals surface area contributed by atoms with Gasteiger partial charge in [0, 0.05) is 27.7 Å². The second kappa shape index (κ2) is 8.59. The zero-order valence-corrected chi connectivity index (χ0v) is 13.4. The van der Waals surface area contributed by atoms with Crippen molar-refractivity contribution in [2.75, 3.05) is 40.8 Å². The Kier molecular flexibility index (Phi) is 7.09. The van der Waals surface area contributed by atoms with Gasteiger partial charge in [-0.2, -0.15) is 0 Å². The Bertz CT molecular complexity index is 396. The summed E-state index contributed by atoms with van der Waals surface area (Å²) >= 11 is 0. The molecule has 1 aromatic carbocycles. The second-order valence-electron chi connectivity index (χ2n) is 4.97. The highest BCUT2D eigenvalue weighted by molar-refractivity contribution is 5.79. The molecule has 0 aliphatic heterocycles. The summed E-state index contributed by atoms with van der Waals surface area (Å²) in [6.45, 7) is 7.35. The van der Waals surface area contributed by atoms with Crippen LogP contribution < -0.4 is 5.32 Å². The van der Waals surface area contributed by atoms with Crippen LogP contribution >= 0.6 is 0 Å². The molecule has 4 heteroatoms. The SMILES string of the molecule is CCN(CC)C(CNC(=NC)N(C)C)c1ccccc1. The number of nitrogens with one attached hydrogen (secondary N) is 1. The summed E-state index contributed by atoms with van der Waals surface area (Å²) in [6.07, 6.45) is 0. The van der Waals surface area contributed by atoms with Crippen molar-refractivity contribution < 1.29 is 0 Å². The summed E-state index contributed by atoms with van der Waals surface area (Å²) in [4.78, 5) is 8.74. The molecule has 0 amide bonds. The van der Waals surface area contributed by atoms with Crippen molar-refractivity contribution in [3.8, 4) is 0 Å². The quantitative estimate of drug-likeness (QED) is 0.638. The number of hydrogen-bond donors (Lipinski definition) is 1. The summed E-state index contributed by atoms with van der Waals surface area (Å²) in [5.41, 5.74) is 1.35. The topological polar surface area (TPSA) is 30.9 Å². The predicted octanol–water partition coefficient (Wildman–Crippen LogP) is 2.21. The third-order valence-electron chi connectivity index (χ3n) is 3.53. The molecule has 0 aliphatic rings. The highest BCUT2D eigenvalue weighted by Crippen LogP contribution is 2.19. The maximum Gasteiger partial charge on any atom is 0.193 e. The number of aliphatic imine (C=N–C) groups is 1. The average molecular weight is 276 g/mol. The number of hydrogen-bond acceptors (Lipinski definition) is 2. The van der Waals surface area contributed by atoms with Gasteiger partial charge in [0.05, 0.1) is 6.04 Å². The summed E-state index contributed by atoms with van der Waals surface area (Å²) in [7, 11) is 5.83. The van der Waals surface area contributed by atoms with Gasteiger partial charge in [-0.15, -0.1) is 0 Å². The number of rotatable bonds is 6. The molecule has 0 saturated carbocycles. The molecule has 0 heterocycles. The van der Waals surface area contributed by atoms with Crippen LogP contribution in [0.1, 0.15) is 25.5 Å². The van der Waals surface area contributed by atoms with E-state index in [0.717, 1.165) is 25.6 Å². The van der Waals surface area contributed by atoms with Crippen LogP contribution in [0.4, 0.5) is 0 Å². The molecule has 0 aromatic heterocycles. The maximum atomic E-state index is 4.28. The van der Waals surface area contributed by atoms with Gasteiger partial charge in [-0.25, -0.2) is 0 Å². The molecule has 0 bridgehead atoms. The van der Waals surface area contributed by atoms with Crippen LogP contribution in [-0.2, 0) is 0 Å². The number of benzene rings is 1. The third kappa shape index (κ3) is 4.53. The molecule has 1 N–H and O–H groups in total. The van der Waals surface area contributed by atoms with Crippen molar-refractivity contribution in [1.29, 1.82) is 0 Å². The van der Waals surface area contributed by atoms with Gasteiger partial charge in [0.2, 0.25) is 0 Å². The summed E-state index contributed by atoms with van der Waals surface area (Å²) in [5, 5.41) is 3.45. The summed E-state index contributed by atoms with van der Waals surface area (Å²) in [6, 6.07) is 11.0. The van der Waals surface area contributed by atoms with E-state index in [9.17, 15) is 0 Å². The number of nitrogens with zero attached hydrogens (tertiary/aromatic N) is 3. The Balaban J connectivity index is 2.84. The highest BCUT2D eigenvalue weighted by atomic mass is 15.3. The van der Waals surface area contributed by atoms with E-state index in [4.69, 9.17) is 0 Å². The molecule has 1 aromatic rings. The van der Waals surface area contributed by atoms with Crippen molar-refractivity contribution in [2.45, 2.75) is 19.9 Å². The van der Waals surface area contributed by atoms with E-state index >= 15 is 0 Å². The zero-order valence-electron chi connectivity index (χ0n) is 13.4. The highest BCUT2D eigenvalue weighted by Gasteiger charge is 2.18. The largest absolute Gasteiger partial charge is 0.354 e. The molecule has 112 valence electrons. The van der Waals surface area contributed by atoms with Crippen LogP contribution in [0.25, 0.3) is 0 Å². The van der Waals surface area contributed by atoms with Crippen LogP contribution in [0.15, 0.2) is 35.3 Å². The van der Waals surface area contributed by atoms with E-state index in [0.29, 0.717) is 6.04 Å². The molecule has 1 rings (SSSR count). The molecular weight excluding hydrogens is 248 g/mol. The second-order valence-corrected chi connectivity index (χ2v) is 4.97. The average Bonchev–Trinajstić information content (AvgIpc) is 2.47. The molecule has 1 unspecified atom stereocenters. The van der Waals surface area contributed by atoms with Crippen molar-refractivity contribution in [2.24, 2.45) is 4.99 Å². The van der Waals surface area contributed by atoms with Crippen LogP contribution in [-0.4, -0.2) is 56.5 Å². The minimum absolute atomic E-state index is 0.364. The minimum atomic E-state index is 0.364. The maximum absolute atomic E-state index is 4.28. The van der Waals surface area contributed by atoms with Crippen molar-refractivity contribution in [3.05, 3.63) is 35.9 Å².